The summed E-state index contributed by atoms with van der Waals surface area (Å²) in [5, 5.41) is 2.25. The Kier molecular flexibility index (Phi) is 6.43. The van der Waals surface area contributed by atoms with Crippen LogP contribution in [0.3, 0.4) is 0 Å². The molecule has 132 valence electrons. The average molecular weight is 356 g/mol. The van der Waals surface area contributed by atoms with Crippen molar-refractivity contribution in [2.75, 3.05) is 32.0 Å². The predicted molar refractivity (Wildman–Crippen MR) is 92.7 cm³/mol. The van der Waals surface area contributed by atoms with Gasteiger partial charge in [-0.3, -0.25) is 4.79 Å². The minimum atomic E-state index is -0.517. The van der Waals surface area contributed by atoms with E-state index in [1.54, 1.807) is 23.8 Å². The fourth-order valence-corrected chi connectivity index (χ4v) is 3.00. The van der Waals surface area contributed by atoms with Crippen LogP contribution in [0.15, 0.2) is 24.3 Å². The van der Waals surface area contributed by atoms with Crippen LogP contribution >= 0.6 is 11.6 Å². The molecule has 1 heterocycles. The summed E-state index contributed by atoms with van der Waals surface area (Å²) < 4.78 is 12.9. The lowest BCUT2D eigenvalue weighted by molar-refractivity contribution is -0.129. The molecule has 0 bridgehead atoms. The van der Waals surface area contributed by atoms with Crippen LogP contribution in [0, 0.1) is 11.7 Å². The first-order valence-electron chi connectivity index (χ1n) is 8.07. The van der Waals surface area contributed by atoms with E-state index in [9.17, 15) is 14.0 Å². The van der Waals surface area contributed by atoms with E-state index >= 15 is 0 Å². The number of carbonyl (C=O) groups is 2. The number of alkyl halides is 1. The minimum Gasteiger partial charge on any atom is -0.344 e. The Morgan fingerprint density at radius 3 is 2.46 bits per heavy atom. The van der Waals surface area contributed by atoms with Gasteiger partial charge in [-0.2, -0.15) is 0 Å². The molecule has 1 N–H and O–H groups in total. The first kappa shape index (κ1) is 18.5. The van der Waals surface area contributed by atoms with E-state index in [0.29, 0.717) is 31.2 Å². The molecule has 5 nitrogen and oxygen atoms in total. The lowest BCUT2D eigenvalue weighted by Crippen LogP contribution is -2.44. The van der Waals surface area contributed by atoms with Crippen molar-refractivity contribution in [2.24, 2.45) is 5.92 Å². The number of benzene rings is 1. The molecule has 0 aromatic heterocycles. The third kappa shape index (κ3) is 5.09. The molecule has 1 aliphatic heterocycles. The number of hydrogen-bond donors (Lipinski definition) is 1. The molecule has 1 aliphatic rings. The maximum Gasteiger partial charge on any atom is 0.321 e. The van der Waals surface area contributed by atoms with Crippen molar-refractivity contribution in [3.8, 4) is 0 Å². The minimum absolute atomic E-state index is 0.0758. The van der Waals surface area contributed by atoms with Gasteiger partial charge in [0.2, 0.25) is 5.91 Å². The lowest BCUT2D eigenvalue weighted by Gasteiger charge is -2.34. The Hall–Kier alpha value is -1.82. The molecule has 0 spiro atoms. The SMILES string of the molecule is CC(Cl)C(=O)N(C)CC1CCN(C(=O)Nc2ccc(F)cc2)CC1. The van der Waals surface area contributed by atoms with E-state index in [4.69, 9.17) is 11.6 Å². The van der Waals surface area contributed by atoms with Crippen molar-refractivity contribution >= 4 is 29.2 Å². The van der Waals surface area contributed by atoms with Crippen LogP contribution in [0.2, 0.25) is 0 Å². The number of nitrogens with one attached hydrogen (secondary N) is 1. The highest BCUT2D eigenvalue weighted by molar-refractivity contribution is 6.30. The van der Waals surface area contributed by atoms with Gasteiger partial charge in [-0.05, 0) is 49.9 Å². The zero-order valence-corrected chi connectivity index (χ0v) is 14.7. The summed E-state index contributed by atoms with van der Waals surface area (Å²) in [6, 6.07) is 5.51. The fourth-order valence-electron chi connectivity index (χ4n) is 2.84. The van der Waals surface area contributed by atoms with Gasteiger partial charge >= 0.3 is 6.03 Å². The fraction of sp³-hybridized carbons (Fsp3) is 0.529. The second-order valence-corrected chi connectivity index (χ2v) is 6.86. The average Bonchev–Trinajstić information content (AvgIpc) is 2.56. The lowest BCUT2D eigenvalue weighted by atomic mass is 9.96. The number of piperidine rings is 1. The van der Waals surface area contributed by atoms with Crippen molar-refractivity contribution < 1.29 is 14.0 Å². The van der Waals surface area contributed by atoms with E-state index in [2.05, 4.69) is 5.32 Å². The third-order valence-corrected chi connectivity index (χ3v) is 4.43. The summed E-state index contributed by atoms with van der Waals surface area (Å²) in [4.78, 5) is 27.4. The predicted octanol–water partition coefficient (Wildman–Crippen LogP) is 3.16. The van der Waals surface area contributed by atoms with Crippen LogP contribution < -0.4 is 5.32 Å². The number of rotatable bonds is 4. The normalized spacial score (nSPS) is 16.6. The number of anilines is 1. The van der Waals surface area contributed by atoms with Crippen LogP contribution in [0.4, 0.5) is 14.9 Å². The number of hydrogen-bond acceptors (Lipinski definition) is 2. The van der Waals surface area contributed by atoms with E-state index in [1.807, 2.05) is 0 Å². The quantitative estimate of drug-likeness (QED) is 0.843. The van der Waals surface area contributed by atoms with Gasteiger partial charge in [-0.25, -0.2) is 9.18 Å². The number of nitrogens with zero attached hydrogens (tertiary/aromatic N) is 2. The smallest absolute Gasteiger partial charge is 0.321 e. The number of amides is 3. The maximum atomic E-state index is 12.9. The second-order valence-electron chi connectivity index (χ2n) is 6.20. The van der Waals surface area contributed by atoms with Gasteiger partial charge in [0.1, 0.15) is 11.2 Å². The van der Waals surface area contributed by atoms with E-state index in [1.165, 1.54) is 24.3 Å². The van der Waals surface area contributed by atoms with Crippen LogP contribution in [0.1, 0.15) is 19.8 Å². The summed E-state index contributed by atoms with van der Waals surface area (Å²) in [5.41, 5.74) is 0.574. The molecule has 1 unspecified atom stereocenters. The molecule has 2 rings (SSSR count). The van der Waals surface area contributed by atoms with Crippen molar-refractivity contribution in [1.82, 2.24) is 9.80 Å². The highest BCUT2D eigenvalue weighted by Gasteiger charge is 2.25. The number of halogens is 2. The molecule has 1 aromatic carbocycles. The molecule has 0 radical (unpaired) electrons. The molecular weight excluding hydrogens is 333 g/mol. The van der Waals surface area contributed by atoms with Gasteiger partial charge in [-0.1, -0.05) is 0 Å². The summed E-state index contributed by atoms with van der Waals surface area (Å²) in [7, 11) is 1.76. The van der Waals surface area contributed by atoms with Crippen molar-refractivity contribution in [2.45, 2.75) is 25.1 Å². The first-order valence-corrected chi connectivity index (χ1v) is 8.51. The summed E-state index contributed by atoms with van der Waals surface area (Å²) in [5.74, 6) is -0.0452. The van der Waals surface area contributed by atoms with Gasteiger partial charge in [-0.15, -0.1) is 11.6 Å². The molecule has 7 heteroatoms. The highest BCUT2D eigenvalue weighted by atomic mass is 35.5. The van der Waals surface area contributed by atoms with E-state index in [0.717, 1.165) is 12.8 Å². The summed E-state index contributed by atoms with van der Waals surface area (Å²) in [6.07, 6.45) is 1.68. The Bertz CT molecular complexity index is 572. The van der Waals surface area contributed by atoms with Gasteiger partial charge in [0.05, 0.1) is 0 Å². The van der Waals surface area contributed by atoms with Crippen LogP contribution in [0.25, 0.3) is 0 Å². The van der Waals surface area contributed by atoms with E-state index in [-0.39, 0.29) is 17.8 Å². The van der Waals surface area contributed by atoms with Gasteiger partial charge < -0.3 is 15.1 Å². The van der Waals surface area contributed by atoms with Crippen LogP contribution in [0.5, 0.6) is 0 Å². The highest BCUT2D eigenvalue weighted by Crippen LogP contribution is 2.20. The summed E-state index contributed by atoms with van der Waals surface area (Å²) in [6.45, 7) is 3.60. The Labute approximate surface area is 146 Å². The molecule has 1 saturated heterocycles. The van der Waals surface area contributed by atoms with E-state index < -0.39 is 5.38 Å². The van der Waals surface area contributed by atoms with Gasteiger partial charge in [0.15, 0.2) is 0 Å². The number of likely N-dealkylation sites (tertiary alicyclic amines) is 1. The Morgan fingerprint density at radius 1 is 1.33 bits per heavy atom. The largest absolute Gasteiger partial charge is 0.344 e. The molecule has 0 aliphatic carbocycles. The van der Waals surface area contributed by atoms with Crippen LogP contribution in [-0.2, 0) is 4.79 Å². The number of urea groups is 1. The maximum absolute atomic E-state index is 12.9. The zero-order chi connectivity index (χ0) is 17.7. The summed E-state index contributed by atoms with van der Waals surface area (Å²) >= 11 is 5.82. The molecular formula is C17H23ClFN3O2. The topological polar surface area (TPSA) is 52.7 Å². The monoisotopic (exact) mass is 355 g/mol. The van der Waals surface area contributed by atoms with Crippen molar-refractivity contribution in [3.63, 3.8) is 0 Å². The standard InChI is InChI=1S/C17H23ClFN3O2/c1-12(18)16(23)21(2)11-13-7-9-22(10-8-13)17(24)20-15-5-3-14(19)4-6-15/h3-6,12-13H,7-11H2,1-2H3,(H,20,24). The first-order chi connectivity index (χ1) is 11.4. The Morgan fingerprint density at radius 2 is 1.92 bits per heavy atom. The Balaban J connectivity index is 1.78. The number of carbonyl (C=O) groups excluding carboxylic acids is 2. The van der Waals surface area contributed by atoms with Gasteiger partial charge in [0.25, 0.3) is 0 Å². The molecule has 24 heavy (non-hydrogen) atoms. The van der Waals surface area contributed by atoms with Crippen molar-refractivity contribution in [3.05, 3.63) is 30.1 Å². The zero-order valence-electron chi connectivity index (χ0n) is 14.0. The molecule has 3 amide bonds. The van der Waals surface area contributed by atoms with Gasteiger partial charge in [0, 0.05) is 32.4 Å². The van der Waals surface area contributed by atoms with Crippen LogP contribution in [-0.4, -0.2) is 53.8 Å². The molecule has 1 fully saturated rings. The third-order valence-electron chi connectivity index (χ3n) is 4.25. The second kappa shape index (κ2) is 8.33. The molecule has 1 atom stereocenters. The molecule has 1 aromatic rings. The molecule has 0 saturated carbocycles. The van der Waals surface area contributed by atoms with Crippen molar-refractivity contribution in [1.29, 1.82) is 0 Å².